The lowest BCUT2D eigenvalue weighted by atomic mass is 9.91. The Morgan fingerprint density at radius 2 is 1.90 bits per heavy atom. The molecule has 0 bridgehead atoms. The fourth-order valence-electron chi connectivity index (χ4n) is 7.63. The summed E-state index contributed by atoms with van der Waals surface area (Å²) in [5.41, 5.74) is -1.10. The molecule has 2 saturated carbocycles. The highest BCUT2D eigenvalue weighted by Gasteiger charge is 2.63. The number of alkyl carbamates (subject to hydrolysis) is 1. The highest BCUT2D eigenvalue weighted by Crippen LogP contribution is 2.47. The van der Waals surface area contributed by atoms with Crippen LogP contribution in [0.1, 0.15) is 96.1 Å². The van der Waals surface area contributed by atoms with Crippen LogP contribution in [0.2, 0.25) is 5.02 Å². The third-order valence-corrected chi connectivity index (χ3v) is 12.7. The summed E-state index contributed by atoms with van der Waals surface area (Å²) in [5, 5.41) is 9.88. The van der Waals surface area contributed by atoms with Crippen LogP contribution in [-0.2, 0) is 40.4 Å². The van der Waals surface area contributed by atoms with E-state index in [0.717, 1.165) is 24.0 Å². The molecule has 1 aromatic rings. The average Bonchev–Trinajstić information content (AvgIpc) is 3.89. The quantitative estimate of drug-likeness (QED) is 0.378. The van der Waals surface area contributed by atoms with Gasteiger partial charge in [-0.1, -0.05) is 41.8 Å². The van der Waals surface area contributed by atoms with Crippen LogP contribution in [0.25, 0.3) is 0 Å². The van der Waals surface area contributed by atoms with Crippen molar-refractivity contribution in [3.8, 4) is 5.75 Å². The summed E-state index contributed by atoms with van der Waals surface area (Å²) < 4.78 is 39.0. The molecule has 3 fully saturated rings. The van der Waals surface area contributed by atoms with E-state index in [4.69, 9.17) is 25.9 Å². The minimum atomic E-state index is -3.89. The van der Waals surface area contributed by atoms with Crippen molar-refractivity contribution in [3.05, 3.63) is 40.4 Å². The first-order valence-corrected chi connectivity index (χ1v) is 20.1. The summed E-state index contributed by atoms with van der Waals surface area (Å²) in [6.45, 7) is 5.69. The second-order valence-electron chi connectivity index (χ2n) is 15.9. The van der Waals surface area contributed by atoms with Crippen molar-refractivity contribution in [1.29, 1.82) is 0 Å². The number of hydrogen-bond acceptors (Lipinski definition) is 10. The number of allylic oxidation sites excluding steroid dienone is 1. The van der Waals surface area contributed by atoms with E-state index >= 15 is 0 Å². The molecule has 16 heteroatoms. The molecule has 4 aliphatic heterocycles. The number of hydrogen-bond donors (Lipinski definition) is 3. The molecule has 3 N–H and O–H groups in total. The average molecular weight is 760 g/mol. The molecule has 5 atom stereocenters. The molecule has 0 aromatic heterocycles. The number of nitrogens with one attached hydrogen (secondary N) is 3. The number of carbonyl (C=O) groups excluding carboxylic acids is 4. The lowest BCUT2D eigenvalue weighted by Gasteiger charge is -2.30. The van der Waals surface area contributed by atoms with Gasteiger partial charge in [0.25, 0.3) is 5.91 Å². The number of amides is 4. The summed E-state index contributed by atoms with van der Waals surface area (Å²) in [4.78, 5) is 63.2. The van der Waals surface area contributed by atoms with E-state index < -0.39 is 73.8 Å². The van der Waals surface area contributed by atoms with E-state index in [-0.39, 0.29) is 25.8 Å². The molecule has 52 heavy (non-hydrogen) atoms. The number of nitrogens with zero attached hydrogens (tertiary/aromatic N) is 2. The third-order valence-electron chi connectivity index (χ3n) is 10.6. The van der Waals surface area contributed by atoms with Crippen molar-refractivity contribution in [3.63, 3.8) is 0 Å². The molecule has 1 saturated heterocycles. The van der Waals surface area contributed by atoms with E-state index in [2.05, 4.69) is 20.5 Å². The van der Waals surface area contributed by atoms with Gasteiger partial charge in [-0.15, -0.1) is 0 Å². The Hall–Kier alpha value is -3.85. The normalized spacial score (nSPS) is 30.4. The molecule has 2 aliphatic carbocycles. The maximum Gasteiger partial charge on any atom is 0.408 e. The van der Waals surface area contributed by atoms with Gasteiger partial charge in [0.15, 0.2) is 5.60 Å². The second kappa shape index (κ2) is 13.5. The zero-order chi connectivity index (χ0) is 37.1. The summed E-state index contributed by atoms with van der Waals surface area (Å²) >= 11 is 6.54. The molecular formula is C36H46ClN5O9S. The molecule has 282 valence electrons. The molecule has 1 aromatic carbocycles. The van der Waals surface area contributed by atoms with E-state index in [1.807, 2.05) is 18.2 Å². The number of fused-ring (bicyclic) bond motifs is 3. The van der Waals surface area contributed by atoms with E-state index in [1.165, 1.54) is 4.90 Å². The molecule has 4 heterocycles. The van der Waals surface area contributed by atoms with Crippen LogP contribution in [-0.4, -0.2) is 90.1 Å². The lowest BCUT2D eigenvalue weighted by molar-refractivity contribution is -0.141. The first kappa shape index (κ1) is 36.5. The van der Waals surface area contributed by atoms with Crippen molar-refractivity contribution in [2.45, 2.75) is 125 Å². The minimum absolute atomic E-state index is 0.0240. The Bertz CT molecular complexity index is 1840. The van der Waals surface area contributed by atoms with Crippen LogP contribution in [0.15, 0.2) is 29.4 Å². The van der Waals surface area contributed by atoms with Gasteiger partial charge in [0, 0.05) is 30.7 Å². The van der Waals surface area contributed by atoms with Crippen molar-refractivity contribution in [1.82, 2.24) is 20.3 Å². The predicted octanol–water partition coefficient (Wildman–Crippen LogP) is 3.64. The summed E-state index contributed by atoms with van der Waals surface area (Å²) in [7, 11) is -3.89. The van der Waals surface area contributed by atoms with Gasteiger partial charge < -0.3 is 29.8 Å². The van der Waals surface area contributed by atoms with Gasteiger partial charge in [0.2, 0.25) is 21.8 Å². The topological polar surface area (TPSA) is 182 Å². The Morgan fingerprint density at radius 1 is 1.12 bits per heavy atom. The van der Waals surface area contributed by atoms with E-state index in [0.29, 0.717) is 61.6 Å². The second-order valence-corrected chi connectivity index (χ2v) is 18.3. The number of ether oxygens (including phenoxy) is 2. The highest BCUT2D eigenvalue weighted by atomic mass is 35.5. The standard InChI is InChI=1S/C36H46ClN5O9S/c1-34(2,3)50-33(46)38-26-10-8-6-4-5-7-9-23-17-36(23,32(45)41-52(47,48)24-11-12-24)39-30(43)28-19-35(20-42(28)31(26)44)18-27(40-51-35)22-15-21-13-14-49-29(21)25(37)16-22/h7,9,15-16,23-24,26,28H,4-6,8,10-14,17-20H2,1-3H3,(H,38,46)(H,39,43)(H,41,45)/t23-,26+,28+,35-,36-/m1/s1. The molecule has 14 nitrogen and oxygen atoms in total. The Morgan fingerprint density at radius 3 is 2.65 bits per heavy atom. The number of halogens is 1. The van der Waals surface area contributed by atoms with Crippen LogP contribution >= 0.6 is 11.6 Å². The van der Waals surface area contributed by atoms with Crippen LogP contribution < -0.4 is 20.1 Å². The zero-order valence-corrected chi connectivity index (χ0v) is 31.2. The monoisotopic (exact) mass is 759 g/mol. The van der Waals surface area contributed by atoms with Gasteiger partial charge in [0.05, 0.1) is 29.1 Å². The number of rotatable bonds is 5. The van der Waals surface area contributed by atoms with Crippen LogP contribution in [0.4, 0.5) is 4.79 Å². The Kier molecular flexibility index (Phi) is 9.50. The predicted molar refractivity (Wildman–Crippen MR) is 190 cm³/mol. The minimum Gasteiger partial charge on any atom is -0.491 e. The Labute approximate surface area is 308 Å². The summed E-state index contributed by atoms with van der Waals surface area (Å²) in [6.07, 6.45) is 8.40. The number of sulfonamides is 1. The summed E-state index contributed by atoms with van der Waals surface area (Å²) in [5.74, 6) is -1.69. The number of carbonyl (C=O) groups is 4. The lowest BCUT2D eigenvalue weighted by Crippen LogP contribution is -2.58. The smallest absolute Gasteiger partial charge is 0.408 e. The largest absolute Gasteiger partial charge is 0.491 e. The van der Waals surface area contributed by atoms with Gasteiger partial charge in [-0.05, 0) is 77.0 Å². The number of oxime groups is 1. The molecule has 1 spiro atoms. The molecule has 6 aliphatic rings. The first-order chi connectivity index (χ1) is 24.6. The maximum absolute atomic E-state index is 14.5. The van der Waals surface area contributed by atoms with Gasteiger partial charge >= 0.3 is 6.09 Å². The van der Waals surface area contributed by atoms with Crippen molar-refractivity contribution < 1.29 is 41.9 Å². The van der Waals surface area contributed by atoms with Crippen LogP contribution in [0, 0.1) is 5.92 Å². The molecular weight excluding hydrogens is 714 g/mol. The molecule has 4 amide bonds. The fraction of sp³-hybridized carbons (Fsp3) is 0.639. The van der Waals surface area contributed by atoms with Crippen LogP contribution in [0.3, 0.4) is 0 Å². The van der Waals surface area contributed by atoms with Crippen LogP contribution in [0.5, 0.6) is 5.75 Å². The molecule has 7 rings (SSSR count). The fourth-order valence-corrected chi connectivity index (χ4v) is 9.29. The maximum atomic E-state index is 14.5. The number of benzene rings is 1. The van der Waals surface area contributed by atoms with Gasteiger partial charge in [-0.25, -0.2) is 13.2 Å². The SMILES string of the molecule is CC(C)(C)OC(=O)N[C@H]1CCCCCC=C[C@@H]2C[C@@]2(C(=O)NS(=O)(=O)C2CC2)NC(=O)[C@@H]2C[C@]3(CC(c4cc(Cl)c5c(c4)CCO5)=NO3)CN2C1=O. The summed E-state index contributed by atoms with van der Waals surface area (Å²) in [6, 6.07) is 1.59. The van der Waals surface area contributed by atoms with Gasteiger partial charge in [-0.2, -0.15) is 0 Å². The first-order valence-electron chi connectivity index (χ1n) is 18.1. The zero-order valence-electron chi connectivity index (χ0n) is 29.7. The highest BCUT2D eigenvalue weighted by molar-refractivity contribution is 7.91. The van der Waals surface area contributed by atoms with Gasteiger partial charge in [-0.3, -0.25) is 19.1 Å². The molecule has 0 radical (unpaired) electrons. The Balaban J connectivity index is 1.19. The van der Waals surface area contributed by atoms with E-state index in [9.17, 15) is 27.6 Å². The van der Waals surface area contributed by atoms with Crippen molar-refractivity contribution in [2.24, 2.45) is 11.1 Å². The van der Waals surface area contributed by atoms with E-state index in [1.54, 1.807) is 26.8 Å². The van der Waals surface area contributed by atoms with Crippen molar-refractivity contribution in [2.75, 3.05) is 13.2 Å². The molecule has 0 unspecified atom stereocenters. The van der Waals surface area contributed by atoms with Crippen molar-refractivity contribution >= 4 is 51.2 Å². The van der Waals surface area contributed by atoms with Gasteiger partial charge in [0.1, 0.15) is 29.0 Å². The third kappa shape index (κ3) is 7.48.